The molecule has 0 atom stereocenters. The van der Waals surface area contributed by atoms with Crippen molar-refractivity contribution in [2.45, 2.75) is 18.4 Å². The van der Waals surface area contributed by atoms with Crippen LogP contribution in [0.2, 0.25) is 0 Å². The molecule has 3 heterocycles. The molecule has 0 aliphatic carbocycles. The van der Waals surface area contributed by atoms with Gasteiger partial charge in [0.05, 0.1) is 35.0 Å². The summed E-state index contributed by atoms with van der Waals surface area (Å²) in [5.41, 5.74) is 3.16. The summed E-state index contributed by atoms with van der Waals surface area (Å²) in [6, 6.07) is 4.89. The first-order chi connectivity index (χ1) is 12.8. The van der Waals surface area contributed by atoms with Crippen molar-refractivity contribution in [1.82, 2.24) is 25.0 Å². The average Bonchev–Trinajstić information content (AvgIpc) is 3.23. The molecule has 0 saturated carbocycles. The lowest BCUT2D eigenvalue weighted by Crippen LogP contribution is -1.99. The zero-order chi connectivity index (χ0) is 19.2. The van der Waals surface area contributed by atoms with Crippen molar-refractivity contribution in [3.05, 3.63) is 48.9 Å². The highest BCUT2D eigenvalue weighted by atomic mass is 32.2. The number of nitrogens with one attached hydrogen (secondary N) is 2. The Morgan fingerprint density at radius 1 is 1.30 bits per heavy atom. The number of hydrogen-bond acceptors (Lipinski definition) is 6. The van der Waals surface area contributed by atoms with Crippen molar-refractivity contribution in [1.29, 1.82) is 0 Å². The Labute approximate surface area is 155 Å². The molecule has 1 aromatic carbocycles. The van der Waals surface area contributed by atoms with Crippen molar-refractivity contribution in [2.24, 2.45) is 0 Å². The van der Waals surface area contributed by atoms with Gasteiger partial charge in [0, 0.05) is 23.2 Å². The minimum absolute atomic E-state index is 0.251. The van der Waals surface area contributed by atoms with Gasteiger partial charge < -0.3 is 5.32 Å². The van der Waals surface area contributed by atoms with Crippen LogP contribution in [-0.2, 0) is 16.4 Å². The molecule has 0 radical (unpaired) electrons. The lowest BCUT2D eigenvalue weighted by Gasteiger charge is -2.08. The van der Waals surface area contributed by atoms with Crippen LogP contribution in [0.15, 0.2) is 53.8 Å². The Hall–Kier alpha value is -3.20. The molecule has 4 rings (SSSR count). The molecule has 138 valence electrons. The summed E-state index contributed by atoms with van der Waals surface area (Å²) in [6.07, 6.45) is 6.44. The van der Waals surface area contributed by atoms with Gasteiger partial charge in [-0.15, -0.1) is 0 Å². The average molecular weight is 382 g/mol. The Bertz CT molecular complexity index is 1290. The molecule has 9 heteroatoms. The number of pyridine rings is 1. The van der Waals surface area contributed by atoms with Crippen LogP contribution in [0.4, 0.5) is 11.5 Å². The second-order valence-electron chi connectivity index (χ2n) is 6.58. The summed E-state index contributed by atoms with van der Waals surface area (Å²) in [5.74, 6) is 0.594. The lowest BCUT2D eigenvalue weighted by atomic mass is 10.1. The first-order valence-electron chi connectivity index (χ1n) is 8.22. The molecule has 0 bridgehead atoms. The maximum Gasteiger partial charge on any atom is 0.175 e. The SMILES string of the molecule is C=C(C)Cn1cc(Nc2nc3ccc(S(C)(=O)=O)cc3c3cn[nH]c23)cn1. The fourth-order valence-electron chi connectivity index (χ4n) is 2.92. The molecule has 27 heavy (non-hydrogen) atoms. The second-order valence-corrected chi connectivity index (χ2v) is 8.59. The smallest absolute Gasteiger partial charge is 0.175 e. The molecular formula is C18H18N6O2S. The van der Waals surface area contributed by atoms with E-state index in [-0.39, 0.29) is 4.90 Å². The third kappa shape index (κ3) is 3.28. The summed E-state index contributed by atoms with van der Waals surface area (Å²) in [5, 5.41) is 16.1. The van der Waals surface area contributed by atoms with E-state index in [9.17, 15) is 8.42 Å². The third-order valence-corrected chi connectivity index (χ3v) is 5.23. The van der Waals surface area contributed by atoms with E-state index >= 15 is 0 Å². The zero-order valence-electron chi connectivity index (χ0n) is 14.9. The Kier molecular flexibility index (Phi) is 3.96. The van der Waals surface area contributed by atoms with E-state index < -0.39 is 9.84 Å². The van der Waals surface area contributed by atoms with Crippen LogP contribution >= 0.6 is 0 Å². The number of H-pyrrole nitrogens is 1. The van der Waals surface area contributed by atoms with Crippen LogP contribution in [0.1, 0.15) is 6.92 Å². The van der Waals surface area contributed by atoms with E-state index in [0.717, 1.165) is 22.0 Å². The quantitative estimate of drug-likeness (QED) is 0.514. The van der Waals surface area contributed by atoms with Gasteiger partial charge in [0.2, 0.25) is 0 Å². The molecule has 0 unspecified atom stereocenters. The number of nitrogens with zero attached hydrogens (tertiary/aromatic N) is 4. The molecule has 4 aromatic rings. The van der Waals surface area contributed by atoms with Crippen LogP contribution in [0, 0.1) is 0 Å². The first kappa shape index (κ1) is 17.2. The van der Waals surface area contributed by atoms with E-state index in [0.29, 0.717) is 23.4 Å². The summed E-state index contributed by atoms with van der Waals surface area (Å²) in [7, 11) is -3.30. The number of anilines is 2. The number of sulfone groups is 1. The van der Waals surface area contributed by atoms with E-state index in [1.54, 1.807) is 35.3 Å². The molecule has 0 amide bonds. The monoisotopic (exact) mass is 382 g/mol. The third-order valence-electron chi connectivity index (χ3n) is 4.12. The summed E-state index contributed by atoms with van der Waals surface area (Å²) < 4.78 is 25.5. The highest BCUT2D eigenvalue weighted by molar-refractivity contribution is 7.90. The van der Waals surface area contributed by atoms with E-state index in [1.165, 1.54) is 6.26 Å². The molecule has 0 spiro atoms. The summed E-state index contributed by atoms with van der Waals surface area (Å²) >= 11 is 0. The Morgan fingerprint density at radius 3 is 2.85 bits per heavy atom. The van der Waals surface area contributed by atoms with Crippen molar-refractivity contribution < 1.29 is 8.42 Å². The van der Waals surface area contributed by atoms with Gasteiger partial charge in [0.1, 0.15) is 5.52 Å². The van der Waals surface area contributed by atoms with Gasteiger partial charge >= 0.3 is 0 Å². The summed E-state index contributed by atoms with van der Waals surface area (Å²) in [6.45, 7) is 6.47. The lowest BCUT2D eigenvalue weighted by molar-refractivity contribution is 0.602. The van der Waals surface area contributed by atoms with Gasteiger partial charge in [0.15, 0.2) is 15.7 Å². The van der Waals surface area contributed by atoms with Gasteiger partial charge in [-0.3, -0.25) is 9.78 Å². The van der Waals surface area contributed by atoms with Crippen LogP contribution < -0.4 is 5.32 Å². The molecule has 0 fully saturated rings. The van der Waals surface area contributed by atoms with Gasteiger partial charge in [-0.1, -0.05) is 12.2 Å². The van der Waals surface area contributed by atoms with Gasteiger partial charge in [-0.2, -0.15) is 10.2 Å². The fraction of sp³-hybridized carbons (Fsp3) is 0.167. The zero-order valence-corrected chi connectivity index (χ0v) is 15.7. The maximum absolute atomic E-state index is 11.9. The van der Waals surface area contributed by atoms with Crippen molar-refractivity contribution in [2.75, 3.05) is 11.6 Å². The highest BCUT2D eigenvalue weighted by Crippen LogP contribution is 2.30. The molecule has 3 aromatic heterocycles. The minimum Gasteiger partial charge on any atom is -0.336 e. The molecular weight excluding hydrogens is 364 g/mol. The number of fused-ring (bicyclic) bond motifs is 3. The molecule has 8 nitrogen and oxygen atoms in total. The van der Waals surface area contributed by atoms with Crippen molar-refractivity contribution in [3.63, 3.8) is 0 Å². The van der Waals surface area contributed by atoms with Gasteiger partial charge in [-0.05, 0) is 25.1 Å². The topological polar surface area (TPSA) is 106 Å². The van der Waals surface area contributed by atoms with Crippen LogP contribution in [0.5, 0.6) is 0 Å². The molecule has 2 N–H and O–H groups in total. The summed E-state index contributed by atoms with van der Waals surface area (Å²) in [4.78, 5) is 4.88. The number of hydrogen-bond donors (Lipinski definition) is 2. The van der Waals surface area contributed by atoms with Crippen LogP contribution in [0.3, 0.4) is 0 Å². The second kappa shape index (κ2) is 6.20. The number of benzene rings is 1. The number of aromatic amines is 1. The number of aromatic nitrogens is 5. The van der Waals surface area contributed by atoms with Crippen molar-refractivity contribution in [3.8, 4) is 0 Å². The van der Waals surface area contributed by atoms with E-state index in [1.807, 2.05) is 13.1 Å². The largest absolute Gasteiger partial charge is 0.336 e. The molecule has 0 saturated heterocycles. The Morgan fingerprint density at radius 2 is 2.11 bits per heavy atom. The fourth-order valence-corrected chi connectivity index (χ4v) is 3.57. The molecule has 0 aliphatic rings. The maximum atomic E-state index is 11.9. The van der Waals surface area contributed by atoms with Crippen LogP contribution in [0.25, 0.3) is 21.8 Å². The van der Waals surface area contributed by atoms with Crippen LogP contribution in [-0.4, -0.2) is 39.6 Å². The number of allylic oxidation sites excluding steroid dienone is 1. The standard InChI is InChI=1S/C18H18N6O2S/c1-11(2)9-24-10-12(7-20-24)21-18-17-15(8-19-23-17)14-6-13(27(3,25)26)4-5-16(14)22-18/h4-8,10H,1,9H2,2-3H3,(H,19,23)(H,21,22). The molecule has 0 aliphatic heterocycles. The number of rotatable bonds is 5. The van der Waals surface area contributed by atoms with Crippen molar-refractivity contribution >= 4 is 43.1 Å². The van der Waals surface area contributed by atoms with E-state index in [4.69, 9.17) is 0 Å². The predicted molar refractivity (Wildman–Crippen MR) is 105 cm³/mol. The normalized spacial score (nSPS) is 11.9. The highest BCUT2D eigenvalue weighted by Gasteiger charge is 2.14. The van der Waals surface area contributed by atoms with E-state index in [2.05, 4.69) is 32.2 Å². The predicted octanol–water partition coefficient (Wildman–Crippen LogP) is 3.03. The first-order valence-corrected chi connectivity index (χ1v) is 10.1. The minimum atomic E-state index is -3.30. The van der Waals surface area contributed by atoms with Gasteiger partial charge in [-0.25, -0.2) is 13.4 Å². The van der Waals surface area contributed by atoms with Gasteiger partial charge in [0.25, 0.3) is 0 Å². The Balaban J connectivity index is 1.80.